The number of thiophene rings is 2. The Morgan fingerprint density at radius 1 is 0.600 bits per heavy atom. The number of nitrogens with zero attached hydrogens (tertiary/aromatic N) is 2. The number of benzene rings is 3. The van der Waals surface area contributed by atoms with E-state index in [9.17, 15) is 0 Å². The highest BCUT2D eigenvalue weighted by Crippen LogP contribution is 2.49. The SMILES string of the molecule is Nc1c(N)c(-c2scc3ccccc23)c2nccnc2c1-c1scc2ccccc12. The van der Waals surface area contributed by atoms with Crippen LogP contribution in [0, 0.1) is 0 Å². The molecule has 144 valence electrons. The molecule has 0 aliphatic rings. The molecular formula is C24H16N4S2. The third-order valence-electron chi connectivity index (χ3n) is 5.47. The zero-order valence-electron chi connectivity index (χ0n) is 15.8. The van der Waals surface area contributed by atoms with Crippen LogP contribution >= 0.6 is 22.7 Å². The molecule has 0 saturated heterocycles. The van der Waals surface area contributed by atoms with E-state index < -0.39 is 0 Å². The maximum atomic E-state index is 6.70. The highest BCUT2D eigenvalue weighted by molar-refractivity contribution is 7.16. The van der Waals surface area contributed by atoms with Crippen molar-refractivity contribution in [1.82, 2.24) is 9.97 Å². The van der Waals surface area contributed by atoms with Crippen LogP contribution in [0.15, 0.2) is 71.7 Å². The van der Waals surface area contributed by atoms with Gasteiger partial charge in [-0.05, 0) is 21.5 Å². The third kappa shape index (κ3) is 2.38. The fourth-order valence-electron chi connectivity index (χ4n) is 4.06. The number of fused-ring (bicyclic) bond motifs is 3. The van der Waals surface area contributed by atoms with Crippen LogP contribution in [0.25, 0.3) is 53.5 Å². The van der Waals surface area contributed by atoms with E-state index in [2.05, 4.69) is 35.0 Å². The normalized spacial score (nSPS) is 11.6. The molecule has 3 aromatic carbocycles. The molecule has 0 atom stereocenters. The summed E-state index contributed by atoms with van der Waals surface area (Å²) in [6.45, 7) is 0. The van der Waals surface area contributed by atoms with E-state index in [-0.39, 0.29) is 0 Å². The minimum atomic E-state index is 0.558. The van der Waals surface area contributed by atoms with Crippen molar-refractivity contribution in [3.63, 3.8) is 0 Å². The first-order valence-electron chi connectivity index (χ1n) is 9.49. The summed E-state index contributed by atoms with van der Waals surface area (Å²) in [6, 6.07) is 16.6. The van der Waals surface area contributed by atoms with Gasteiger partial charge in [0.05, 0.1) is 11.4 Å². The van der Waals surface area contributed by atoms with Crippen LogP contribution in [0.2, 0.25) is 0 Å². The van der Waals surface area contributed by atoms with Crippen molar-refractivity contribution >= 4 is 66.6 Å². The minimum Gasteiger partial charge on any atom is -0.396 e. The number of nitrogens with two attached hydrogens (primary N) is 2. The maximum Gasteiger partial charge on any atom is 0.100 e. The standard InChI is InChI=1S/C24H16N4S2/c25-19-17(23-15-7-3-1-5-13(15)11-29-23)21-22(28-10-9-27-21)18(20(19)26)24-16-8-4-2-6-14(16)12-30-24/h1-12H,25-26H2. The lowest BCUT2D eigenvalue weighted by Gasteiger charge is -2.16. The zero-order chi connectivity index (χ0) is 20.2. The molecule has 4 N–H and O–H groups in total. The van der Waals surface area contributed by atoms with E-state index in [0.717, 1.165) is 42.7 Å². The van der Waals surface area contributed by atoms with Crippen molar-refractivity contribution in [2.45, 2.75) is 0 Å². The Kier molecular flexibility index (Phi) is 3.78. The number of hydrogen-bond acceptors (Lipinski definition) is 6. The molecule has 0 amide bonds. The average molecular weight is 425 g/mol. The summed E-state index contributed by atoms with van der Waals surface area (Å²) in [5.74, 6) is 0. The number of rotatable bonds is 2. The molecule has 3 heterocycles. The molecule has 4 nitrogen and oxygen atoms in total. The second kappa shape index (κ2) is 6.52. The monoisotopic (exact) mass is 424 g/mol. The molecule has 0 spiro atoms. The van der Waals surface area contributed by atoms with E-state index in [4.69, 9.17) is 21.4 Å². The molecule has 0 bridgehead atoms. The fraction of sp³-hybridized carbons (Fsp3) is 0. The zero-order valence-corrected chi connectivity index (χ0v) is 17.4. The van der Waals surface area contributed by atoms with Gasteiger partial charge >= 0.3 is 0 Å². The van der Waals surface area contributed by atoms with Gasteiger partial charge in [-0.15, -0.1) is 22.7 Å². The second-order valence-electron chi connectivity index (χ2n) is 7.14. The Labute approximate surface area is 180 Å². The summed E-state index contributed by atoms with van der Waals surface area (Å²) in [4.78, 5) is 11.6. The van der Waals surface area contributed by atoms with Gasteiger partial charge in [-0.2, -0.15) is 0 Å². The summed E-state index contributed by atoms with van der Waals surface area (Å²) in [6.07, 6.45) is 3.43. The fourth-order valence-corrected chi connectivity index (χ4v) is 6.24. The molecule has 0 fully saturated rings. The van der Waals surface area contributed by atoms with Crippen LogP contribution in [0.1, 0.15) is 0 Å². The molecule has 0 saturated carbocycles. The molecule has 6 aromatic rings. The number of hydrogen-bond donors (Lipinski definition) is 2. The van der Waals surface area contributed by atoms with Gasteiger partial charge in [0.25, 0.3) is 0 Å². The Bertz CT molecular complexity index is 1460. The van der Waals surface area contributed by atoms with E-state index >= 15 is 0 Å². The van der Waals surface area contributed by atoms with Crippen molar-refractivity contribution < 1.29 is 0 Å². The predicted molar refractivity (Wildman–Crippen MR) is 130 cm³/mol. The van der Waals surface area contributed by atoms with E-state index in [1.165, 1.54) is 10.8 Å². The van der Waals surface area contributed by atoms with Crippen molar-refractivity contribution in [1.29, 1.82) is 0 Å². The van der Waals surface area contributed by atoms with Gasteiger partial charge in [-0.1, -0.05) is 48.5 Å². The van der Waals surface area contributed by atoms with Gasteiger partial charge in [-0.3, -0.25) is 9.97 Å². The van der Waals surface area contributed by atoms with Gasteiger partial charge < -0.3 is 11.5 Å². The van der Waals surface area contributed by atoms with Gasteiger partial charge in [0.1, 0.15) is 11.0 Å². The summed E-state index contributed by atoms with van der Waals surface area (Å²) < 4.78 is 0. The predicted octanol–water partition coefficient (Wildman–Crippen LogP) is 6.56. The number of aromatic nitrogens is 2. The molecule has 0 aliphatic carbocycles. The highest BCUT2D eigenvalue weighted by Gasteiger charge is 2.23. The van der Waals surface area contributed by atoms with Crippen LogP contribution in [-0.2, 0) is 0 Å². The smallest absolute Gasteiger partial charge is 0.100 e. The van der Waals surface area contributed by atoms with Crippen LogP contribution in [0.5, 0.6) is 0 Å². The largest absolute Gasteiger partial charge is 0.396 e. The molecular weight excluding hydrogens is 408 g/mol. The van der Waals surface area contributed by atoms with Crippen LogP contribution < -0.4 is 11.5 Å². The Morgan fingerprint density at radius 2 is 1.03 bits per heavy atom. The highest BCUT2D eigenvalue weighted by atomic mass is 32.1. The third-order valence-corrected chi connectivity index (χ3v) is 7.54. The molecule has 0 unspecified atom stereocenters. The van der Waals surface area contributed by atoms with Crippen LogP contribution in [0.4, 0.5) is 11.4 Å². The first-order chi connectivity index (χ1) is 14.7. The van der Waals surface area contributed by atoms with Crippen LogP contribution in [0.3, 0.4) is 0 Å². The first kappa shape index (κ1) is 17.4. The Balaban J connectivity index is 1.75. The van der Waals surface area contributed by atoms with Crippen molar-refractivity contribution in [3.05, 3.63) is 71.7 Å². The minimum absolute atomic E-state index is 0.558. The average Bonchev–Trinajstić information content (AvgIpc) is 3.40. The van der Waals surface area contributed by atoms with Crippen molar-refractivity contribution in [2.24, 2.45) is 0 Å². The summed E-state index contributed by atoms with van der Waals surface area (Å²) in [5, 5.41) is 8.94. The molecule has 6 heteroatoms. The van der Waals surface area contributed by atoms with Gasteiger partial charge in [0.2, 0.25) is 0 Å². The lowest BCUT2D eigenvalue weighted by Crippen LogP contribution is -2.03. The Morgan fingerprint density at radius 3 is 1.50 bits per heavy atom. The van der Waals surface area contributed by atoms with Crippen molar-refractivity contribution in [3.8, 4) is 20.9 Å². The first-order valence-corrected chi connectivity index (χ1v) is 11.2. The van der Waals surface area contributed by atoms with Gasteiger partial charge in [0.15, 0.2) is 0 Å². The summed E-state index contributed by atoms with van der Waals surface area (Å²) in [5.41, 5.74) is 17.8. The number of anilines is 2. The molecule has 3 aromatic heterocycles. The van der Waals surface area contributed by atoms with Gasteiger partial charge in [-0.25, -0.2) is 0 Å². The van der Waals surface area contributed by atoms with E-state index in [1.54, 1.807) is 35.1 Å². The lowest BCUT2D eigenvalue weighted by molar-refractivity contribution is 1.30. The summed E-state index contributed by atoms with van der Waals surface area (Å²) in [7, 11) is 0. The molecule has 30 heavy (non-hydrogen) atoms. The maximum absolute atomic E-state index is 6.70. The van der Waals surface area contributed by atoms with Crippen molar-refractivity contribution in [2.75, 3.05) is 11.5 Å². The molecule has 0 radical (unpaired) electrons. The summed E-state index contributed by atoms with van der Waals surface area (Å²) >= 11 is 3.32. The van der Waals surface area contributed by atoms with E-state index in [1.807, 2.05) is 24.3 Å². The molecule has 6 rings (SSSR count). The van der Waals surface area contributed by atoms with E-state index in [0.29, 0.717) is 11.4 Å². The molecule has 0 aliphatic heterocycles. The Hall–Kier alpha value is -3.48. The second-order valence-corrected chi connectivity index (χ2v) is 8.89. The number of nitrogen functional groups attached to an aromatic ring is 2. The lowest BCUT2D eigenvalue weighted by atomic mass is 9.97. The quantitative estimate of drug-likeness (QED) is 0.309. The van der Waals surface area contributed by atoms with Gasteiger partial charge in [0, 0.05) is 44.0 Å². The van der Waals surface area contributed by atoms with Crippen LogP contribution in [-0.4, -0.2) is 9.97 Å². The topological polar surface area (TPSA) is 77.8 Å².